The minimum atomic E-state index is -4.22. The number of nitrogens with zero attached hydrogens (tertiary/aromatic N) is 2. The van der Waals surface area contributed by atoms with Gasteiger partial charge in [0.2, 0.25) is 0 Å². The summed E-state index contributed by atoms with van der Waals surface area (Å²) >= 11 is 0. The second-order valence-corrected chi connectivity index (χ2v) is 7.24. The van der Waals surface area contributed by atoms with Crippen molar-refractivity contribution in [3.63, 3.8) is 0 Å². The summed E-state index contributed by atoms with van der Waals surface area (Å²) < 4.78 is 43.9. The van der Waals surface area contributed by atoms with Crippen molar-refractivity contribution in [2.75, 3.05) is 39.3 Å². The van der Waals surface area contributed by atoms with E-state index in [0.29, 0.717) is 32.1 Å². The highest BCUT2D eigenvalue weighted by Crippen LogP contribution is 2.28. The maximum absolute atomic E-state index is 12.7. The van der Waals surface area contributed by atoms with Crippen LogP contribution in [0.4, 0.5) is 13.2 Å². The number of aliphatic hydroxyl groups excluding tert-OH is 1. The van der Waals surface area contributed by atoms with E-state index in [1.54, 1.807) is 0 Å². The lowest BCUT2D eigenvalue weighted by Gasteiger charge is -2.38. The Balaban J connectivity index is 1.81. The largest absolute Gasteiger partial charge is 0.401 e. The number of hydrogen-bond donors (Lipinski definition) is 1. The van der Waals surface area contributed by atoms with Gasteiger partial charge in [0.1, 0.15) is 0 Å². The predicted octanol–water partition coefficient (Wildman–Crippen LogP) is 2.12. The topological polar surface area (TPSA) is 35.9 Å². The predicted molar refractivity (Wildman–Crippen MR) is 82.3 cm³/mol. The van der Waals surface area contributed by atoms with Gasteiger partial charge in [-0.2, -0.15) is 13.2 Å². The molecule has 0 aromatic rings. The van der Waals surface area contributed by atoms with Gasteiger partial charge in [-0.3, -0.25) is 9.80 Å². The number of aliphatic hydroxyl groups is 1. The minimum Gasteiger partial charge on any atom is -0.390 e. The number of β-amino-alcohol motifs (C(OH)–C–C–N with tert-alkyl or cyclic N) is 1. The van der Waals surface area contributed by atoms with Gasteiger partial charge in [0.05, 0.1) is 24.9 Å². The lowest BCUT2D eigenvalue weighted by molar-refractivity contribution is -0.151. The summed E-state index contributed by atoms with van der Waals surface area (Å²) in [4.78, 5) is 3.46. The molecule has 136 valence electrons. The van der Waals surface area contributed by atoms with Gasteiger partial charge in [-0.25, -0.2) is 0 Å². The van der Waals surface area contributed by atoms with Crippen molar-refractivity contribution in [3.05, 3.63) is 0 Å². The van der Waals surface area contributed by atoms with Gasteiger partial charge in [0.15, 0.2) is 0 Å². The molecule has 1 saturated heterocycles. The number of ether oxygens (including phenoxy) is 1. The quantitative estimate of drug-likeness (QED) is 0.771. The summed E-state index contributed by atoms with van der Waals surface area (Å²) in [7, 11) is 0. The minimum absolute atomic E-state index is 0.0795. The summed E-state index contributed by atoms with van der Waals surface area (Å²) in [6, 6.07) is 0. The van der Waals surface area contributed by atoms with Crippen molar-refractivity contribution in [2.45, 2.75) is 57.6 Å². The Kier molecular flexibility index (Phi) is 6.71. The van der Waals surface area contributed by atoms with Crippen molar-refractivity contribution >= 4 is 0 Å². The van der Waals surface area contributed by atoms with E-state index in [1.807, 2.05) is 13.8 Å². The van der Waals surface area contributed by atoms with E-state index < -0.39 is 18.8 Å². The zero-order chi connectivity index (χ0) is 17.0. The van der Waals surface area contributed by atoms with Crippen LogP contribution in [0.2, 0.25) is 0 Å². The SMILES string of the molecule is CC1CN(CC(O)CN(CC2CCC2)CC(F)(F)F)CC(C)O1. The zero-order valence-corrected chi connectivity index (χ0v) is 14.1. The third-order valence-corrected chi connectivity index (χ3v) is 4.58. The number of morpholine rings is 1. The second-order valence-electron chi connectivity index (χ2n) is 7.24. The Hall–Kier alpha value is -0.370. The summed E-state index contributed by atoms with van der Waals surface area (Å²) in [6.45, 7) is 5.35. The number of hydrogen-bond acceptors (Lipinski definition) is 4. The fraction of sp³-hybridized carbons (Fsp3) is 1.00. The molecule has 1 saturated carbocycles. The third kappa shape index (κ3) is 6.95. The van der Waals surface area contributed by atoms with Crippen LogP contribution in [0.3, 0.4) is 0 Å². The van der Waals surface area contributed by atoms with Crippen LogP contribution in [0, 0.1) is 5.92 Å². The molecular formula is C16H29F3N2O2. The van der Waals surface area contributed by atoms with Crippen LogP contribution in [0.5, 0.6) is 0 Å². The average molecular weight is 338 g/mol. The molecular weight excluding hydrogens is 309 g/mol. The van der Waals surface area contributed by atoms with Gasteiger partial charge in [-0.15, -0.1) is 0 Å². The van der Waals surface area contributed by atoms with Crippen LogP contribution in [-0.4, -0.2) is 78.7 Å². The fourth-order valence-electron chi connectivity index (χ4n) is 3.58. The molecule has 2 rings (SSSR count). The molecule has 4 nitrogen and oxygen atoms in total. The number of halogens is 3. The molecule has 1 N–H and O–H groups in total. The van der Waals surface area contributed by atoms with Crippen molar-refractivity contribution in [3.8, 4) is 0 Å². The molecule has 7 heteroatoms. The van der Waals surface area contributed by atoms with E-state index in [1.165, 1.54) is 4.90 Å². The van der Waals surface area contributed by atoms with E-state index in [9.17, 15) is 18.3 Å². The standard InChI is InChI=1S/C16H29F3N2O2/c1-12-6-20(7-13(2)23-12)9-15(22)10-21(11-16(17,18)19)8-14-4-3-5-14/h12-15,22H,3-11H2,1-2H3. The number of rotatable bonds is 7. The first-order valence-corrected chi connectivity index (χ1v) is 8.56. The fourth-order valence-corrected chi connectivity index (χ4v) is 3.58. The molecule has 23 heavy (non-hydrogen) atoms. The number of alkyl halides is 3. The van der Waals surface area contributed by atoms with E-state index in [0.717, 1.165) is 19.3 Å². The molecule has 1 aliphatic carbocycles. The van der Waals surface area contributed by atoms with Crippen LogP contribution in [0.15, 0.2) is 0 Å². The molecule has 0 aromatic heterocycles. The Bertz CT molecular complexity index is 354. The highest BCUT2D eigenvalue weighted by molar-refractivity contribution is 4.80. The molecule has 3 unspecified atom stereocenters. The first-order valence-electron chi connectivity index (χ1n) is 8.56. The summed E-state index contributed by atoms with van der Waals surface area (Å²) in [5.41, 5.74) is 0. The highest BCUT2D eigenvalue weighted by Gasteiger charge is 2.34. The van der Waals surface area contributed by atoms with Gasteiger partial charge in [-0.05, 0) is 32.6 Å². The lowest BCUT2D eigenvalue weighted by Crippen LogP contribution is -2.50. The summed E-state index contributed by atoms with van der Waals surface area (Å²) in [5, 5.41) is 10.3. The van der Waals surface area contributed by atoms with Crippen LogP contribution in [0.25, 0.3) is 0 Å². The summed E-state index contributed by atoms with van der Waals surface area (Å²) in [6.07, 6.45) is -1.69. The second kappa shape index (κ2) is 8.14. The van der Waals surface area contributed by atoms with Gasteiger partial charge in [-0.1, -0.05) is 6.42 Å². The maximum Gasteiger partial charge on any atom is 0.401 e. The molecule has 0 aromatic carbocycles. The first-order chi connectivity index (χ1) is 10.7. The monoisotopic (exact) mass is 338 g/mol. The molecule has 2 aliphatic rings. The molecule has 1 aliphatic heterocycles. The van der Waals surface area contributed by atoms with Crippen molar-refractivity contribution < 1.29 is 23.0 Å². The molecule has 0 spiro atoms. The molecule has 0 radical (unpaired) electrons. The van der Waals surface area contributed by atoms with E-state index in [4.69, 9.17) is 4.74 Å². The van der Waals surface area contributed by atoms with Crippen molar-refractivity contribution in [2.24, 2.45) is 5.92 Å². The molecule has 1 heterocycles. The van der Waals surface area contributed by atoms with Gasteiger partial charge >= 0.3 is 6.18 Å². The lowest BCUT2D eigenvalue weighted by atomic mass is 9.85. The van der Waals surface area contributed by atoms with Crippen LogP contribution < -0.4 is 0 Å². The Morgan fingerprint density at radius 2 is 1.83 bits per heavy atom. The smallest absolute Gasteiger partial charge is 0.390 e. The zero-order valence-electron chi connectivity index (χ0n) is 14.1. The van der Waals surface area contributed by atoms with E-state index in [-0.39, 0.29) is 18.8 Å². The molecule has 2 fully saturated rings. The summed E-state index contributed by atoms with van der Waals surface area (Å²) in [5.74, 6) is 0.355. The Labute approximate surface area is 136 Å². The molecule has 3 atom stereocenters. The normalized spacial score (nSPS) is 28.8. The van der Waals surface area contributed by atoms with Crippen LogP contribution in [0.1, 0.15) is 33.1 Å². The van der Waals surface area contributed by atoms with Gasteiger partial charge in [0.25, 0.3) is 0 Å². The molecule has 0 bridgehead atoms. The Morgan fingerprint density at radius 1 is 1.22 bits per heavy atom. The highest BCUT2D eigenvalue weighted by atomic mass is 19.4. The van der Waals surface area contributed by atoms with Gasteiger partial charge in [0, 0.05) is 32.7 Å². The van der Waals surface area contributed by atoms with Crippen LogP contribution >= 0.6 is 0 Å². The van der Waals surface area contributed by atoms with Crippen molar-refractivity contribution in [1.82, 2.24) is 9.80 Å². The van der Waals surface area contributed by atoms with Gasteiger partial charge < -0.3 is 9.84 Å². The maximum atomic E-state index is 12.7. The first kappa shape index (κ1) is 19.0. The van der Waals surface area contributed by atoms with Crippen molar-refractivity contribution in [1.29, 1.82) is 0 Å². The van der Waals surface area contributed by atoms with Crippen LogP contribution in [-0.2, 0) is 4.74 Å². The van der Waals surface area contributed by atoms with E-state index in [2.05, 4.69) is 4.90 Å². The van der Waals surface area contributed by atoms with E-state index >= 15 is 0 Å². The molecule has 0 amide bonds. The average Bonchev–Trinajstić information content (AvgIpc) is 2.30. The Morgan fingerprint density at radius 3 is 2.30 bits per heavy atom. The third-order valence-electron chi connectivity index (χ3n) is 4.58.